The van der Waals surface area contributed by atoms with E-state index in [1.54, 1.807) is 0 Å². The summed E-state index contributed by atoms with van der Waals surface area (Å²) in [5.41, 5.74) is 2.12. The molecule has 0 saturated heterocycles. The summed E-state index contributed by atoms with van der Waals surface area (Å²) in [4.78, 5) is 7.23. The zero-order chi connectivity index (χ0) is 9.90. The molecule has 0 amide bonds. The van der Waals surface area contributed by atoms with Gasteiger partial charge < -0.3 is 0 Å². The Morgan fingerprint density at radius 1 is 1.31 bits per heavy atom. The Morgan fingerprint density at radius 3 is 2.54 bits per heavy atom. The molecule has 0 bridgehead atoms. The average Bonchev–Trinajstić information content (AvgIpc) is 2.01. The third kappa shape index (κ3) is 3.82. The van der Waals surface area contributed by atoms with E-state index in [0.29, 0.717) is 0 Å². The van der Waals surface area contributed by atoms with Crippen LogP contribution in [0.4, 0.5) is 0 Å². The van der Waals surface area contributed by atoms with Gasteiger partial charge in [0.15, 0.2) is 0 Å². The van der Waals surface area contributed by atoms with Crippen LogP contribution in [0.3, 0.4) is 0 Å². The number of rotatable bonds is 2. The van der Waals surface area contributed by atoms with Crippen molar-refractivity contribution in [1.29, 1.82) is 5.26 Å². The maximum atomic E-state index is 8.73. The summed E-state index contributed by atoms with van der Waals surface area (Å²) >= 11 is -1.72. The van der Waals surface area contributed by atoms with Crippen LogP contribution in [-0.2, 0) is 4.44 Å². The first-order valence-electron chi connectivity index (χ1n) is 4.50. The summed E-state index contributed by atoms with van der Waals surface area (Å²) in [5.74, 6) is 0. The molecule has 0 atom stereocenters. The molecule has 68 valence electrons. The molecule has 1 nitrogen and oxygen atoms in total. The summed E-state index contributed by atoms with van der Waals surface area (Å²) in [6.07, 6.45) is 0. The summed E-state index contributed by atoms with van der Waals surface area (Å²) in [7, 11) is 0. The number of benzene rings is 1. The third-order valence-electron chi connectivity index (χ3n) is 1.79. The first-order chi connectivity index (χ1) is 6.01. The maximum absolute atomic E-state index is 8.73. The predicted molar refractivity (Wildman–Crippen MR) is 58.2 cm³/mol. The summed E-state index contributed by atoms with van der Waals surface area (Å²) in [6.45, 7) is 0. The van der Waals surface area contributed by atoms with E-state index in [1.165, 1.54) is 10.0 Å². The van der Waals surface area contributed by atoms with Gasteiger partial charge in [0.25, 0.3) is 0 Å². The molecule has 1 aromatic carbocycles. The van der Waals surface area contributed by atoms with Crippen molar-refractivity contribution in [3.05, 3.63) is 35.4 Å². The van der Waals surface area contributed by atoms with E-state index in [4.69, 9.17) is 5.26 Å². The quantitative estimate of drug-likeness (QED) is 0.764. The molecule has 0 unspecified atom stereocenters. The van der Waals surface area contributed by atoms with Crippen LogP contribution in [-0.4, -0.2) is 18.4 Å². The number of nitrogens with zero attached hydrogens (tertiary/aromatic N) is 1. The van der Waals surface area contributed by atoms with Crippen LogP contribution in [0.2, 0.25) is 14.8 Å². The molecule has 1 rings (SSSR count). The van der Waals surface area contributed by atoms with Crippen LogP contribution in [0.5, 0.6) is 0 Å². The van der Waals surface area contributed by atoms with Crippen LogP contribution >= 0.6 is 0 Å². The number of hydrogen-bond donors (Lipinski definition) is 0. The van der Waals surface area contributed by atoms with Crippen molar-refractivity contribution in [3.63, 3.8) is 0 Å². The van der Waals surface area contributed by atoms with Gasteiger partial charge in [0.2, 0.25) is 0 Å². The van der Waals surface area contributed by atoms with Crippen molar-refractivity contribution in [2.24, 2.45) is 0 Å². The molecule has 0 aliphatic rings. The van der Waals surface area contributed by atoms with Crippen molar-refractivity contribution < 1.29 is 0 Å². The fourth-order valence-electron chi connectivity index (χ4n) is 1.36. The molecule has 0 aromatic heterocycles. The predicted octanol–water partition coefficient (Wildman–Crippen LogP) is 2.98. The van der Waals surface area contributed by atoms with Gasteiger partial charge in [-0.15, -0.1) is 0 Å². The second-order valence-corrected chi connectivity index (χ2v) is 20.2. The van der Waals surface area contributed by atoms with Crippen molar-refractivity contribution >= 4 is 18.4 Å². The van der Waals surface area contributed by atoms with E-state index in [0.717, 1.165) is 5.56 Å². The normalized spacial score (nSPS) is 10.9. The average molecular weight is 280 g/mol. The van der Waals surface area contributed by atoms with Crippen molar-refractivity contribution in [2.45, 2.75) is 19.3 Å². The van der Waals surface area contributed by atoms with Gasteiger partial charge in [0.1, 0.15) is 0 Å². The minimum absolute atomic E-state index is 0.785. The first kappa shape index (κ1) is 10.6. The van der Waals surface area contributed by atoms with Crippen LogP contribution in [0.15, 0.2) is 24.3 Å². The fourth-order valence-corrected chi connectivity index (χ4v) is 5.49. The van der Waals surface area contributed by atoms with E-state index < -0.39 is 18.4 Å². The van der Waals surface area contributed by atoms with Gasteiger partial charge >= 0.3 is 84.4 Å². The van der Waals surface area contributed by atoms with Gasteiger partial charge in [-0.05, 0) is 0 Å². The molecular weight excluding hydrogens is 265 g/mol. The molecule has 0 radical (unpaired) electrons. The Bertz CT molecular complexity index is 331. The Balaban J connectivity index is 2.86. The number of hydrogen-bond acceptors (Lipinski definition) is 1. The Labute approximate surface area is 84.3 Å². The fraction of sp³-hybridized carbons (Fsp3) is 0.364. The van der Waals surface area contributed by atoms with Crippen LogP contribution in [0, 0.1) is 11.3 Å². The van der Waals surface area contributed by atoms with Gasteiger partial charge in [-0.2, -0.15) is 0 Å². The Kier molecular flexibility index (Phi) is 3.38. The molecule has 0 N–H and O–H groups in total. The molecule has 2 heteroatoms. The van der Waals surface area contributed by atoms with Gasteiger partial charge in [-0.1, -0.05) is 0 Å². The van der Waals surface area contributed by atoms with E-state index in [9.17, 15) is 0 Å². The van der Waals surface area contributed by atoms with E-state index in [1.807, 2.05) is 18.2 Å². The zero-order valence-electron chi connectivity index (χ0n) is 8.46. The Morgan fingerprint density at radius 2 is 2.00 bits per heavy atom. The second-order valence-electron chi connectivity index (χ2n) is 4.55. The number of nitriles is 1. The molecule has 13 heavy (non-hydrogen) atoms. The molecule has 0 saturated carbocycles. The topological polar surface area (TPSA) is 23.8 Å². The molecule has 0 heterocycles. The van der Waals surface area contributed by atoms with Gasteiger partial charge in [-0.3, -0.25) is 0 Å². The van der Waals surface area contributed by atoms with Crippen molar-refractivity contribution in [2.75, 3.05) is 0 Å². The van der Waals surface area contributed by atoms with Gasteiger partial charge in [0.05, 0.1) is 0 Å². The van der Waals surface area contributed by atoms with Gasteiger partial charge in [-0.25, -0.2) is 0 Å². The minimum atomic E-state index is -1.72. The Hall–Kier alpha value is -0.491. The summed E-state index contributed by atoms with van der Waals surface area (Å²) < 4.78 is 1.23. The second kappa shape index (κ2) is 4.15. The zero-order valence-corrected chi connectivity index (χ0v) is 11.3. The molecular formula is C11H15NSn. The van der Waals surface area contributed by atoms with Gasteiger partial charge in [0, 0.05) is 0 Å². The standard InChI is InChI=1S/C8H6N.3CH3.Sn/c1-7-3-2-4-8(5-7)6-9;;;;/h2-5H,1H2;3*1H3;. The monoisotopic (exact) mass is 281 g/mol. The van der Waals surface area contributed by atoms with Crippen LogP contribution in [0.1, 0.15) is 11.1 Å². The molecule has 0 aliphatic carbocycles. The van der Waals surface area contributed by atoms with E-state index >= 15 is 0 Å². The molecule has 0 fully saturated rings. The summed E-state index contributed by atoms with van der Waals surface area (Å²) in [6, 6.07) is 10.2. The van der Waals surface area contributed by atoms with Crippen molar-refractivity contribution in [1.82, 2.24) is 0 Å². The van der Waals surface area contributed by atoms with Crippen LogP contribution in [0.25, 0.3) is 0 Å². The third-order valence-corrected chi connectivity index (χ3v) is 5.98. The molecule has 0 aliphatic heterocycles. The molecule has 0 spiro atoms. The van der Waals surface area contributed by atoms with Crippen LogP contribution < -0.4 is 0 Å². The molecule has 1 aromatic rings. The van der Waals surface area contributed by atoms with E-state index in [2.05, 4.69) is 27.0 Å². The first-order valence-corrected chi connectivity index (χ1v) is 15.1. The van der Waals surface area contributed by atoms with Crippen molar-refractivity contribution in [3.8, 4) is 6.07 Å². The summed E-state index contributed by atoms with van der Waals surface area (Å²) in [5, 5.41) is 8.73. The van der Waals surface area contributed by atoms with E-state index in [-0.39, 0.29) is 0 Å². The SMILES string of the molecule is [CH3][Sn]([CH3])([CH3])[CH2]c1cccc(C#N)c1.